The van der Waals surface area contributed by atoms with E-state index in [2.05, 4.69) is 9.47 Å². The third-order valence-electron chi connectivity index (χ3n) is 2.79. The Morgan fingerprint density at radius 2 is 1.56 bits per heavy atom. The van der Waals surface area contributed by atoms with Crippen LogP contribution in [0.3, 0.4) is 0 Å². The molecule has 1 fully saturated rings. The van der Waals surface area contributed by atoms with E-state index in [1.165, 1.54) is 21.0 Å². The first kappa shape index (κ1) is 25.2. The van der Waals surface area contributed by atoms with Crippen LogP contribution in [0, 0.1) is 5.92 Å². The molecule has 0 saturated carbocycles. The van der Waals surface area contributed by atoms with Crippen LogP contribution in [0.4, 0.5) is 0 Å². The van der Waals surface area contributed by atoms with E-state index in [0.717, 1.165) is 31.5 Å². The van der Waals surface area contributed by atoms with Gasteiger partial charge < -0.3 is 9.47 Å². The first-order valence-corrected chi connectivity index (χ1v) is 8.55. The van der Waals surface area contributed by atoms with Gasteiger partial charge in [-0.1, -0.05) is 0 Å². The maximum absolute atomic E-state index is 11.0. The number of hydrogen-bond acceptors (Lipinski definition) is 9. The van der Waals surface area contributed by atoms with Crippen LogP contribution < -0.4 is 0 Å². The van der Waals surface area contributed by atoms with Crippen molar-refractivity contribution in [3.8, 4) is 0 Å². The summed E-state index contributed by atoms with van der Waals surface area (Å²) in [7, 11) is 2.35. The highest BCUT2D eigenvalue weighted by Crippen LogP contribution is 2.12. The van der Waals surface area contributed by atoms with Crippen LogP contribution in [-0.4, -0.2) is 61.3 Å². The second-order valence-corrected chi connectivity index (χ2v) is 6.07. The first-order chi connectivity index (χ1) is 11.7. The number of rotatable bonds is 5. The minimum atomic E-state index is -1.04. The molecule has 25 heavy (non-hydrogen) atoms. The van der Waals surface area contributed by atoms with Crippen LogP contribution >= 0.6 is 11.8 Å². The van der Waals surface area contributed by atoms with E-state index in [-0.39, 0.29) is 12.7 Å². The minimum Gasteiger partial charge on any atom is -0.469 e. The van der Waals surface area contributed by atoms with Crippen molar-refractivity contribution in [2.45, 2.75) is 33.1 Å². The Kier molecular flexibility index (Phi) is 15.6. The summed E-state index contributed by atoms with van der Waals surface area (Å²) in [5, 5.41) is 0. The summed E-state index contributed by atoms with van der Waals surface area (Å²) >= 11 is 1.88. The average Bonchev–Trinajstić information content (AvgIpc) is 2.60. The van der Waals surface area contributed by atoms with E-state index in [1.54, 1.807) is 0 Å². The van der Waals surface area contributed by atoms with Gasteiger partial charge >= 0.3 is 11.9 Å². The summed E-state index contributed by atoms with van der Waals surface area (Å²) in [6, 6.07) is 0. The molecular formula is C16H24O8S. The van der Waals surface area contributed by atoms with Gasteiger partial charge in [0, 0.05) is 31.3 Å². The number of methoxy groups -OCH3 is 2. The molecule has 1 unspecified atom stereocenters. The minimum absolute atomic E-state index is 0.265. The van der Waals surface area contributed by atoms with Crippen LogP contribution in [-0.2, 0) is 38.2 Å². The van der Waals surface area contributed by atoms with E-state index >= 15 is 0 Å². The summed E-state index contributed by atoms with van der Waals surface area (Å²) in [5.41, 5.74) is 0. The van der Waals surface area contributed by atoms with Crippen molar-refractivity contribution in [3.05, 3.63) is 0 Å². The number of carbonyl (C=O) groups is 6. The number of esters is 2. The lowest BCUT2D eigenvalue weighted by Crippen LogP contribution is -2.26. The van der Waals surface area contributed by atoms with Crippen molar-refractivity contribution in [1.29, 1.82) is 0 Å². The summed E-state index contributed by atoms with van der Waals surface area (Å²) in [4.78, 5) is 61.7. The Bertz CT molecular complexity index is 479. The smallest absolute Gasteiger partial charge is 0.316 e. The zero-order valence-electron chi connectivity index (χ0n) is 14.9. The number of Topliss-reactive ketones (excluding diaryl/α,β-unsaturated/α-hetero) is 3. The molecule has 0 aromatic rings. The topological polar surface area (TPSA) is 121 Å². The van der Waals surface area contributed by atoms with Crippen molar-refractivity contribution >= 4 is 47.3 Å². The highest BCUT2D eigenvalue weighted by atomic mass is 32.2. The zero-order chi connectivity index (χ0) is 19.8. The summed E-state index contributed by atoms with van der Waals surface area (Å²) < 4.78 is 8.68. The largest absolute Gasteiger partial charge is 0.469 e. The molecule has 9 heteroatoms. The van der Waals surface area contributed by atoms with Gasteiger partial charge in [-0.3, -0.25) is 28.8 Å². The molecule has 0 radical (unpaired) electrons. The Morgan fingerprint density at radius 1 is 1.08 bits per heavy atom. The van der Waals surface area contributed by atoms with E-state index in [1.807, 2.05) is 11.8 Å². The second kappa shape index (κ2) is 15.5. The molecule has 0 aromatic heterocycles. The Hall–Kier alpha value is -2.03. The summed E-state index contributed by atoms with van der Waals surface area (Å²) in [5.74, 6) is -0.639. The molecule has 1 aliphatic rings. The lowest BCUT2D eigenvalue weighted by Gasteiger charge is -2.08. The van der Waals surface area contributed by atoms with E-state index in [9.17, 15) is 24.0 Å². The van der Waals surface area contributed by atoms with Gasteiger partial charge in [0.1, 0.15) is 17.5 Å². The van der Waals surface area contributed by atoms with Gasteiger partial charge in [-0.25, -0.2) is 0 Å². The van der Waals surface area contributed by atoms with Crippen LogP contribution in [0.2, 0.25) is 0 Å². The van der Waals surface area contributed by atoms with Crippen LogP contribution in [0.5, 0.6) is 0 Å². The fourth-order valence-corrected chi connectivity index (χ4v) is 2.33. The van der Waals surface area contributed by atoms with Gasteiger partial charge in [0.05, 0.1) is 20.6 Å². The Balaban J connectivity index is 0. The van der Waals surface area contributed by atoms with Gasteiger partial charge in [0.2, 0.25) is 0 Å². The Labute approximate surface area is 151 Å². The predicted molar refractivity (Wildman–Crippen MR) is 91.1 cm³/mol. The normalized spacial score (nSPS) is 13.7. The standard InChI is InChI=1S/C8H12O5.C5H8OS.C3H4O2/c1-5(9)6(8(11)13-3)4-7(10)12-2;6-5-1-3-7-4-2-5;1-3(5)2-4/h6H,4H2,1-3H3;1-4H2;2H,1H3. The molecule has 0 spiro atoms. The second-order valence-electron chi connectivity index (χ2n) is 4.85. The fraction of sp³-hybridized carbons (Fsp3) is 0.625. The molecule has 1 saturated heterocycles. The molecule has 0 N–H and O–H groups in total. The number of hydrogen-bond donors (Lipinski definition) is 0. The van der Waals surface area contributed by atoms with Gasteiger partial charge in [0.15, 0.2) is 12.1 Å². The van der Waals surface area contributed by atoms with E-state index in [0.29, 0.717) is 5.78 Å². The van der Waals surface area contributed by atoms with Crippen LogP contribution in [0.25, 0.3) is 0 Å². The molecule has 0 aliphatic carbocycles. The molecule has 8 nitrogen and oxygen atoms in total. The third-order valence-corrected chi connectivity index (χ3v) is 3.78. The van der Waals surface area contributed by atoms with Crippen molar-refractivity contribution in [3.63, 3.8) is 0 Å². The lowest BCUT2D eigenvalue weighted by molar-refractivity contribution is -0.155. The number of carbonyl (C=O) groups excluding carboxylic acids is 6. The molecule has 1 aliphatic heterocycles. The summed E-state index contributed by atoms with van der Waals surface area (Å²) in [6.07, 6.45) is 1.63. The maximum Gasteiger partial charge on any atom is 0.316 e. The number of ketones is 3. The van der Waals surface area contributed by atoms with Crippen molar-refractivity contribution in [2.75, 3.05) is 25.7 Å². The molecule has 1 heterocycles. The van der Waals surface area contributed by atoms with E-state index < -0.39 is 29.4 Å². The SMILES string of the molecule is CC(=O)C=O.COC(=O)CC(C(C)=O)C(=O)OC.O=C1CCSCC1. The third kappa shape index (κ3) is 15.2. The predicted octanol–water partition coefficient (Wildman–Crippen LogP) is 0.784. The first-order valence-electron chi connectivity index (χ1n) is 7.39. The molecule has 0 aromatic carbocycles. The van der Waals surface area contributed by atoms with Gasteiger partial charge in [-0.2, -0.15) is 11.8 Å². The van der Waals surface area contributed by atoms with Crippen molar-refractivity contribution in [2.24, 2.45) is 5.92 Å². The van der Waals surface area contributed by atoms with Gasteiger partial charge in [0.25, 0.3) is 0 Å². The molecule has 1 rings (SSSR count). The lowest BCUT2D eigenvalue weighted by atomic mass is 10.0. The summed E-state index contributed by atoms with van der Waals surface area (Å²) in [6.45, 7) is 2.44. The molecule has 0 bridgehead atoms. The van der Waals surface area contributed by atoms with Crippen LogP contribution in [0.1, 0.15) is 33.1 Å². The number of thioether (sulfide) groups is 1. The Morgan fingerprint density at radius 3 is 1.80 bits per heavy atom. The highest BCUT2D eigenvalue weighted by Gasteiger charge is 2.27. The fourth-order valence-electron chi connectivity index (χ4n) is 1.38. The average molecular weight is 376 g/mol. The van der Waals surface area contributed by atoms with Gasteiger partial charge in [-0.05, 0) is 6.92 Å². The van der Waals surface area contributed by atoms with Crippen molar-refractivity contribution in [1.82, 2.24) is 0 Å². The monoisotopic (exact) mass is 376 g/mol. The highest BCUT2D eigenvalue weighted by molar-refractivity contribution is 7.99. The quantitative estimate of drug-likeness (QED) is 0.296. The number of ether oxygens (including phenoxy) is 2. The molecule has 142 valence electrons. The zero-order valence-corrected chi connectivity index (χ0v) is 15.7. The molecule has 1 atom stereocenters. The molecule has 0 amide bonds. The van der Waals surface area contributed by atoms with Crippen LogP contribution in [0.15, 0.2) is 0 Å². The molecular weight excluding hydrogens is 352 g/mol. The van der Waals surface area contributed by atoms with E-state index in [4.69, 9.17) is 4.79 Å². The number of aldehydes is 1. The maximum atomic E-state index is 11.0. The van der Waals surface area contributed by atoms with Crippen molar-refractivity contribution < 1.29 is 38.2 Å². The van der Waals surface area contributed by atoms with Gasteiger partial charge in [-0.15, -0.1) is 0 Å².